The monoisotopic (exact) mass is 462 g/mol. The van der Waals surface area contributed by atoms with Crippen LogP contribution in [0.1, 0.15) is 6.23 Å². The van der Waals surface area contributed by atoms with Crippen LogP contribution in [0, 0.1) is 0 Å². The summed E-state index contributed by atoms with van der Waals surface area (Å²) in [7, 11) is 0. The fraction of sp³-hybridized carbons (Fsp3) is 0.294. The first-order valence-electron chi connectivity index (χ1n) is 9.20. The highest BCUT2D eigenvalue weighted by atomic mass is 32.5. The van der Waals surface area contributed by atoms with Gasteiger partial charge in [-0.1, -0.05) is 23.9 Å². The largest absolute Gasteiger partial charge is 0.785 e. The topological polar surface area (TPSA) is 169 Å². The number of aromatic nitrogens is 6. The Morgan fingerprint density at radius 1 is 1.16 bits per heavy atom. The number of imidazole rings is 2. The number of anilines is 1. The van der Waals surface area contributed by atoms with Crippen molar-refractivity contribution in [1.82, 2.24) is 28.8 Å². The lowest BCUT2D eigenvalue weighted by Crippen LogP contribution is -2.34. The van der Waals surface area contributed by atoms with E-state index >= 15 is 0 Å². The first-order chi connectivity index (χ1) is 14.9. The third-order valence-electron chi connectivity index (χ3n) is 5.10. The average Bonchev–Trinajstić information content (AvgIpc) is 3.44. The Morgan fingerprint density at radius 2 is 1.97 bits per heavy atom. The molecule has 1 aliphatic heterocycles. The van der Waals surface area contributed by atoms with Gasteiger partial charge in [-0.05, 0) is 12.1 Å². The number of aliphatic hydroxyl groups is 2. The number of para-hydroxylation sites is 2. The van der Waals surface area contributed by atoms with E-state index in [1.165, 1.54) is 27.9 Å². The highest BCUT2D eigenvalue weighted by molar-refractivity contribution is 8.08. The van der Waals surface area contributed by atoms with E-state index in [0.717, 1.165) is 0 Å². The van der Waals surface area contributed by atoms with Gasteiger partial charge >= 0.3 is 0 Å². The highest BCUT2D eigenvalue weighted by Crippen LogP contribution is 2.43. The molecule has 5 atom stereocenters. The number of aliphatic hydroxyl groups excluding tert-OH is 2. The van der Waals surface area contributed by atoms with Gasteiger partial charge in [0.25, 0.3) is 0 Å². The minimum Gasteiger partial charge on any atom is -0.785 e. The van der Waals surface area contributed by atoms with Crippen LogP contribution in [0.25, 0.3) is 22.2 Å². The van der Waals surface area contributed by atoms with Crippen LogP contribution in [0.2, 0.25) is 0 Å². The molecule has 5 rings (SSSR count). The van der Waals surface area contributed by atoms with E-state index in [-0.39, 0.29) is 12.4 Å². The SMILES string of the molecule is Nc1ncnc2c1ncn2[C@@H]1O[C@H](COP([O-])(=S)n2cnc3ccccc32)[C@@H](O)[C@H]1O. The van der Waals surface area contributed by atoms with Gasteiger partial charge in [0, 0.05) is 0 Å². The quantitative estimate of drug-likeness (QED) is 0.328. The molecule has 4 aromatic rings. The Morgan fingerprint density at radius 3 is 2.81 bits per heavy atom. The van der Waals surface area contributed by atoms with E-state index < -0.39 is 31.2 Å². The molecule has 0 saturated carbocycles. The molecule has 0 bridgehead atoms. The van der Waals surface area contributed by atoms with E-state index in [0.29, 0.717) is 22.2 Å². The molecule has 0 radical (unpaired) electrons. The Balaban J connectivity index is 1.35. The molecular weight excluding hydrogens is 445 g/mol. The summed E-state index contributed by atoms with van der Waals surface area (Å²) in [4.78, 5) is 29.3. The van der Waals surface area contributed by atoms with Crippen molar-refractivity contribution in [2.45, 2.75) is 24.5 Å². The van der Waals surface area contributed by atoms with Crippen molar-refractivity contribution in [3.63, 3.8) is 0 Å². The van der Waals surface area contributed by atoms with Crippen LogP contribution >= 0.6 is 6.64 Å². The van der Waals surface area contributed by atoms with Gasteiger partial charge in [-0.2, -0.15) is 0 Å². The van der Waals surface area contributed by atoms with E-state index in [1.807, 2.05) is 0 Å². The molecule has 0 aliphatic carbocycles. The number of benzene rings is 1. The third-order valence-corrected chi connectivity index (χ3v) is 7.26. The van der Waals surface area contributed by atoms with Gasteiger partial charge in [0.15, 0.2) is 17.7 Å². The minimum absolute atomic E-state index is 0.177. The second-order valence-electron chi connectivity index (χ2n) is 6.97. The van der Waals surface area contributed by atoms with Gasteiger partial charge in [0.2, 0.25) is 0 Å². The molecule has 1 saturated heterocycles. The molecule has 162 valence electrons. The Bertz CT molecular complexity index is 1310. The summed E-state index contributed by atoms with van der Waals surface area (Å²) in [5.74, 6) is 0.177. The number of nitrogens with two attached hydrogens (primary N) is 1. The number of nitrogen functional groups attached to an aromatic ring is 1. The maximum Gasteiger partial charge on any atom is 0.167 e. The van der Waals surface area contributed by atoms with E-state index in [9.17, 15) is 15.1 Å². The zero-order chi connectivity index (χ0) is 21.8. The zero-order valence-electron chi connectivity index (χ0n) is 15.8. The van der Waals surface area contributed by atoms with Crippen molar-refractivity contribution in [3.8, 4) is 0 Å². The van der Waals surface area contributed by atoms with Gasteiger partial charge < -0.3 is 30.1 Å². The second kappa shape index (κ2) is 7.57. The molecule has 0 amide bonds. The minimum atomic E-state index is -3.76. The van der Waals surface area contributed by atoms with Crippen LogP contribution in [0.4, 0.5) is 5.82 Å². The van der Waals surface area contributed by atoms with Crippen LogP contribution < -0.4 is 10.6 Å². The third kappa shape index (κ3) is 3.40. The number of fused-ring (bicyclic) bond motifs is 2. The molecule has 1 fully saturated rings. The summed E-state index contributed by atoms with van der Waals surface area (Å²) in [5, 5.41) is 21.0. The first-order valence-corrected chi connectivity index (χ1v) is 11.8. The Kier molecular flexibility index (Phi) is 4.98. The smallest absolute Gasteiger partial charge is 0.167 e. The molecule has 14 heteroatoms. The zero-order valence-corrected chi connectivity index (χ0v) is 17.5. The summed E-state index contributed by atoms with van der Waals surface area (Å²) < 4.78 is 14.0. The molecule has 1 aliphatic rings. The predicted octanol–water partition coefficient (Wildman–Crippen LogP) is -0.473. The molecule has 0 spiro atoms. The standard InChI is InChI=1S/C17H18N7O5PS/c18-15-12-16(20-6-19-15)23(7-22-12)17-14(26)13(25)11(29-17)5-28-30(27,31)24-8-21-9-3-1-2-4-10(9)24/h1-4,6-8,11,13-14,17,25-26H,5H2,(H,27,31)(H2,18,19,20)/p-1/t11-,13-,14-,17-,30?/m1/s1. The van der Waals surface area contributed by atoms with E-state index in [2.05, 4.69) is 19.9 Å². The van der Waals surface area contributed by atoms with Crippen molar-refractivity contribution in [2.24, 2.45) is 0 Å². The average molecular weight is 462 g/mol. The van der Waals surface area contributed by atoms with Crippen LogP contribution in [-0.2, 0) is 21.1 Å². The lowest BCUT2D eigenvalue weighted by molar-refractivity contribution is -0.188. The van der Waals surface area contributed by atoms with Crippen molar-refractivity contribution in [2.75, 3.05) is 12.3 Å². The van der Waals surface area contributed by atoms with Crippen molar-refractivity contribution < 1.29 is 24.4 Å². The number of hydrogen-bond donors (Lipinski definition) is 3. The van der Waals surface area contributed by atoms with E-state index in [1.54, 1.807) is 24.3 Å². The van der Waals surface area contributed by atoms with Crippen LogP contribution in [0.3, 0.4) is 0 Å². The lowest BCUT2D eigenvalue weighted by Gasteiger charge is -2.31. The fourth-order valence-electron chi connectivity index (χ4n) is 3.52. The molecule has 1 unspecified atom stereocenters. The van der Waals surface area contributed by atoms with Crippen LogP contribution in [-0.4, -0.2) is 64.0 Å². The van der Waals surface area contributed by atoms with Gasteiger partial charge in [-0.15, -0.1) is 0 Å². The Labute approximate surface area is 180 Å². The van der Waals surface area contributed by atoms with Crippen molar-refractivity contribution in [3.05, 3.63) is 43.2 Å². The molecule has 3 aromatic heterocycles. The maximum absolute atomic E-state index is 13.0. The maximum atomic E-state index is 13.0. The number of nitrogens with zero attached hydrogens (tertiary/aromatic N) is 6. The number of ether oxygens (including phenoxy) is 1. The van der Waals surface area contributed by atoms with Gasteiger partial charge in [0.05, 0.1) is 30.6 Å². The summed E-state index contributed by atoms with van der Waals surface area (Å²) in [6.45, 7) is -4.07. The summed E-state index contributed by atoms with van der Waals surface area (Å²) in [6, 6.07) is 7.06. The molecule has 1 aromatic carbocycles. The predicted molar refractivity (Wildman–Crippen MR) is 111 cm³/mol. The van der Waals surface area contributed by atoms with E-state index in [4.69, 9.17) is 26.8 Å². The molecular formula is C17H17N7O5PS-. The van der Waals surface area contributed by atoms with Crippen molar-refractivity contribution in [1.29, 1.82) is 0 Å². The van der Waals surface area contributed by atoms with Crippen LogP contribution in [0.15, 0.2) is 43.2 Å². The number of rotatable bonds is 5. The van der Waals surface area contributed by atoms with Crippen molar-refractivity contribution >= 4 is 46.5 Å². The van der Waals surface area contributed by atoms with Gasteiger partial charge in [-0.3, -0.25) is 8.90 Å². The molecule has 4 N–H and O–H groups in total. The Hall–Kier alpha value is -2.51. The first kappa shape index (κ1) is 20.4. The summed E-state index contributed by atoms with van der Waals surface area (Å²) in [5.41, 5.74) is 7.65. The van der Waals surface area contributed by atoms with Crippen LogP contribution in [0.5, 0.6) is 0 Å². The normalized spacial score (nSPS) is 25.9. The molecule has 31 heavy (non-hydrogen) atoms. The number of hydrogen-bond acceptors (Lipinski definition) is 11. The fourth-order valence-corrected chi connectivity index (χ4v) is 5.17. The summed E-state index contributed by atoms with van der Waals surface area (Å²) in [6.07, 6.45) is -0.656. The summed E-state index contributed by atoms with van der Waals surface area (Å²) >= 11 is 5.19. The van der Waals surface area contributed by atoms with Gasteiger partial charge in [-0.25, -0.2) is 19.9 Å². The van der Waals surface area contributed by atoms with Gasteiger partial charge in [0.1, 0.15) is 36.5 Å². The lowest BCUT2D eigenvalue weighted by atomic mass is 10.1. The second-order valence-corrected chi connectivity index (χ2v) is 9.98. The molecule has 12 nitrogen and oxygen atoms in total. The highest BCUT2D eigenvalue weighted by Gasteiger charge is 2.44. The molecule has 4 heterocycles.